The average molecular weight is 274 g/mol. The van der Waals surface area contributed by atoms with E-state index in [0.717, 1.165) is 25.0 Å². The van der Waals surface area contributed by atoms with Crippen molar-refractivity contribution in [2.75, 3.05) is 18.0 Å². The van der Waals surface area contributed by atoms with Crippen LogP contribution in [0.2, 0.25) is 5.02 Å². The number of nitro benzene ring substituents is 1. The Bertz CT molecular complexity index is 484. The number of hydrogen-bond donors (Lipinski definition) is 1. The average Bonchev–Trinajstić information content (AvgIpc) is 2.79. The minimum atomic E-state index is -0.653. The normalized spacial score (nSPS) is 19.3. The highest BCUT2D eigenvalue weighted by atomic mass is 35.5. The number of nitro groups is 1. The first-order chi connectivity index (χ1) is 8.54. The first-order valence-electron chi connectivity index (χ1n) is 5.64. The molecule has 2 rings (SSSR count). The van der Waals surface area contributed by atoms with Gasteiger partial charge >= 0.3 is 0 Å². The van der Waals surface area contributed by atoms with Gasteiger partial charge < -0.3 is 10.6 Å². The standard InChI is InChI=1S/C11H13ClFN3O2/c12-8-4-11(16(17)18)10(5-9(8)13)15-3-1-2-7(15)6-14/h4-5,7H,1-3,6,14H2. The van der Waals surface area contributed by atoms with E-state index >= 15 is 0 Å². The minimum absolute atomic E-state index is 0.0178. The highest BCUT2D eigenvalue weighted by molar-refractivity contribution is 6.31. The number of nitrogens with zero attached hydrogens (tertiary/aromatic N) is 2. The smallest absolute Gasteiger partial charge is 0.294 e. The van der Waals surface area contributed by atoms with Crippen LogP contribution in [0.1, 0.15) is 12.8 Å². The molecular formula is C11H13ClFN3O2. The summed E-state index contributed by atoms with van der Waals surface area (Å²) in [6.07, 6.45) is 1.75. The van der Waals surface area contributed by atoms with Gasteiger partial charge in [0.05, 0.1) is 9.95 Å². The summed E-state index contributed by atoms with van der Waals surface area (Å²) in [6, 6.07) is 2.19. The van der Waals surface area contributed by atoms with Gasteiger partial charge in [0.15, 0.2) is 0 Å². The second-order valence-electron chi connectivity index (χ2n) is 4.24. The molecular weight excluding hydrogens is 261 g/mol. The molecule has 5 nitrogen and oxygen atoms in total. The highest BCUT2D eigenvalue weighted by Crippen LogP contribution is 2.36. The van der Waals surface area contributed by atoms with Gasteiger partial charge in [-0.3, -0.25) is 10.1 Å². The Kier molecular flexibility index (Phi) is 3.68. The predicted molar refractivity (Wildman–Crippen MR) is 67.5 cm³/mol. The van der Waals surface area contributed by atoms with Gasteiger partial charge in [-0.05, 0) is 12.8 Å². The zero-order valence-electron chi connectivity index (χ0n) is 9.60. The van der Waals surface area contributed by atoms with E-state index in [1.165, 1.54) is 0 Å². The van der Waals surface area contributed by atoms with Gasteiger partial charge in [0.25, 0.3) is 5.69 Å². The summed E-state index contributed by atoms with van der Waals surface area (Å²) in [5, 5.41) is 10.8. The third-order valence-corrected chi connectivity index (χ3v) is 3.46. The van der Waals surface area contributed by atoms with Crippen molar-refractivity contribution >= 4 is 23.0 Å². The van der Waals surface area contributed by atoms with E-state index in [1.807, 2.05) is 0 Å². The number of anilines is 1. The predicted octanol–water partition coefficient (Wildman–Crippen LogP) is 2.31. The van der Waals surface area contributed by atoms with Crippen LogP contribution in [0.25, 0.3) is 0 Å². The second kappa shape index (κ2) is 5.07. The van der Waals surface area contributed by atoms with Crippen molar-refractivity contribution < 1.29 is 9.31 Å². The van der Waals surface area contributed by atoms with Crippen LogP contribution in [-0.4, -0.2) is 24.1 Å². The lowest BCUT2D eigenvalue weighted by Gasteiger charge is -2.25. The lowest BCUT2D eigenvalue weighted by atomic mass is 10.2. The molecule has 2 N–H and O–H groups in total. The van der Waals surface area contributed by atoms with Crippen molar-refractivity contribution in [1.82, 2.24) is 0 Å². The minimum Gasteiger partial charge on any atom is -0.362 e. The molecule has 1 aromatic carbocycles. The SMILES string of the molecule is NCC1CCCN1c1cc(F)c(Cl)cc1[N+](=O)[O-]. The Morgan fingerprint density at radius 1 is 1.61 bits per heavy atom. The monoisotopic (exact) mass is 273 g/mol. The van der Waals surface area contributed by atoms with Crippen LogP contribution in [0, 0.1) is 15.9 Å². The van der Waals surface area contributed by atoms with E-state index in [-0.39, 0.29) is 22.4 Å². The molecule has 0 amide bonds. The van der Waals surface area contributed by atoms with Gasteiger partial charge in [0, 0.05) is 31.3 Å². The van der Waals surface area contributed by atoms with Crippen LogP contribution in [0.5, 0.6) is 0 Å². The summed E-state index contributed by atoms with van der Waals surface area (Å²) < 4.78 is 13.5. The maximum absolute atomic E-state index is 13.5. The van der Waals surface area contributed by atoms with Gasteiger partial charge in [-0.2, -0.15) is 0 Å². The van der Waals surface area contributed by atoms with Gasteiger partial charge in [0.2, 0.25) is 0 Å². The maximum atomic E-state index is 13.5. The van der Waals surface area contributed by atoms with Gasteiger partial charge in [0.1, 0.15) is 11.5 Å². The molecule has 7 heteroatoms. The maximum Gasteiger partial charge on any atom is 0.294 e. The Morgan fingerprint density at radius 3 is 2.94 bits per heavy atom. The van der Waals surface area contributed by atoms with Crippen LogP contribution in [-0.2, 0) is 0 Å². The van der Waals surface area contributed by atoms with Crippen molar-refractivity contribution in [3.05, 3.63) is 33.1 Å². The van der Waals surface area contributed by atoms with E-state index in [2.05, 4.69) is 0 Å². The molecule has 0 bridgehead atoms. The molecule has 0 spiro atoms. The molecule has 1 unspecified atom stereocenters. The zero-order valence-corrected chi connectivity index (χ0v) is 10.4. The first-order valence-corrected chi connectivity index (χ1v) is 6.02. The molecule has 18 heavy (non-hydrogen) atoms. The lowest BCUT2D eigenvalue weighted by Crippen LogP contribution is -2.35. The molecule has 1 atom stereocenters. The molecule has 1 aliphatic rings. The van der Waals surface area contributed by atoms with Gasteiger partial charge in [-0.1, -0.05) is 11.6 Å². The van der Waals surface area contributed by atoms with E-state index in [1.54, 1.807) is 4.90 Å². The fourth-order valence-corrected chi connectivity index (χ4v) is 2.46. The van der Waals surface area contributed by atoms with E-state index in [9.17, 15) is 14.5 Å². The molecule has 0 saturated carbocycles. The molecule has 1 aromatic rings. The Labute approximate surface area is 108 Å². The third-order valence-electron chi connectivity index (χ3n) is 3.17. The van der Waals surface area contributed by atoms with Gasteiger partial charge in [-0.25, -0.2) is 4.39 Å². The molecule has 98 valence electrons. The quantitative estimate of drug-likeness (QED) is 0.677. The molecule has 1 aliphatic heterocycles. The fourth-order valence-electron chi connectivity index (χ4n) is 2.30. The van der Waals surface area contributed by atoms with Crippen LogP contribution in [0.4, 0.5) is 15.8 Å². The topological polar surface area (TPSA) is 72.4 Å². The number of benzene rings is 1. The van der Waals surface area contributed by atoms with Crippen LogP contribution >= 0.6 is 11.6 Å². The van der Waals surface area contributed by atoms with Crippen molar-refractivity contribution in [2.45, 2.75) is 18.9 Å². The van der Waals surface area contributed by atoms with Crippen molar-refractivity contribution in [3.8, 4) is 0 Å². The van der Waals surface area contributed by atoms with Crippen molar-refractivity contribution in [1.29, 1.82) is 0 Å². The number of hydrogen-bond acceptors (Lipinski definition) is 4. The molecule has 1 saturated heterocycles. The fraction of sp³-hybridized carbons (Fsp3) is 0.455. The largest absolute Gasteiger partial charge is 0.362 e. The summed E-state index contributed by atoms with van der Waals surface area (Å²) in [6.45, 7) is 1.03. The first kappa shape index (κ1) is 13.0. The van der Waals surface area contributed by atoms with Crippen LogP contribution < -0.4 is 10.6 Å². The number of nitrogens with two attached hydrogens (primary N) is 1. The van der Waals surface area contributed by atoms with Crippen molar-refractivity contribution in [2.24, 2.45) is 5.73 Å². The van der Waals surface area contributed by atoms with E-state index in [4.69, 9.17) is 17.3 Å². The third kappa shape index (κ3) is 2.26. The second-order valence-corrected chi connectivity index (χ2v) is 4.64. The summed E-state index contributed by atoms with van der Waals surface area (Å²) in [4.78, 5) is 12.2. The Hall–Kier alpha value is -1.40. The number of rotatable bonds is 3. The van der Waals surface area contributed by atoms with E-state index < -0.39 is 10.7 Å². The van der Waals surface area contributed by atoms with Crippen LogP contribution in [0.3, 0.4) is 0 Å². The Balaban J connectivity index is 2.48. The molecule has 1 fully saturated rings. The molecule has 0 aliphatic carbocycles. The van der Waals surface area contributed by atoms with Crippen LogP contribution in [0.15, 0.2) is 12.1 Å². The lowest BCUT2D eigenvalue weighted by molar-refractivity contribution is -0.384. The summed E-state index contributed by atoms with van der Waals surface area (Å²) in [5.41, 5.74) is 5.70. The Morgan fingerprint density at radius 2 is 2.33 bits per heavy atom. The van der Waals surface area contributed by atoms with E-state index in [0.29, 0.717) is 13.1 Å². The molecule has 1 heterocycles. The number of halogens is 2. The summed E-state index contributed by atoms with van der Waals surface area (Å²) >= 11 is 5.58. The summed E-state index contributed by atoms with van der Waals surface area (Å²) in [7, 11) is 0. The van der Waals surface area contributed by atoms with Gasteiger partial charge in [-0.15, -0.1) is 0 Å². The zero-order chi connectivity index (χ0) is 13.3. The molecule has 0 aromatic heterocycles. The molecule has 0 radical (unpaired) electrons. The highest BCUT2D eigenvalue weighted by Gasteiger charge is 2.30. The summed E-state index contributed by atoms with van der Waals surface area (Å²) in [5.74, 6) is -0.653. The van der Waals surface area contributed by atoms with Crippen molar-refractivity contribution in [3.63, 3.8) is 0 Å².